The summed E-state index contributed by atoms with van der Waals surface area (Å²) in [5.41, 5.74) is 6.90. The Hall–Kier alpha value is -2.66. The van der Waals surface area contributed by atoms with Gasteiger partial charge in [0.05, 0.1) is 18.0 Å². The number of anilines is 2. The number of benzene rings is 1. The first-order valence-corrected chi connectivity index (χ1v) is 8.88. The van der Waals surface area contributed by atoms with Gasteiger partial charge in [0.25, 0.3) is 0 Å². The number of hydrogen-bond donors (Lipinski definition) is 1. The van der Waals surface area contributed by atoms with Crippen molar-refractivity contribution >= 4 is 33.9 Å². The molecule has 4 aromatic rings. The maximum atomic E-state index is 4.48. The number of imidazole rings is 1. The fourth-order valence-electron chi connectivity index (χ4n) is 2.85. The van der Waals surface area contributed by atoms with Crippen LogP contribution in [-0.2, 0) is 13.5 Å². The van der Waals surface area contributed by atoms with Crippen LogP contribution in [0.3, 0.4) is 0 Å². The van der Waals surface area contributed by atoms with Crippen LogP contribution in [0, 0.1) is 0 Å². The highest BCUT2D eigenvalue weighted by Crippen LogP contribution is 2.29. The number of thiophene rings is 1. The average molecular weight is 334 g/mol. The standard InChI is InChI=1S/C19H18N4S/c1-3-13-8-14(15-6-7-24-11-15)4-5-16(13)22-19-9-18-17(10-20-19)21-12-23(18)2/h4-12H,3H2,1-2H3,(H,20,22). The first-order chi connectivity index (χ1) is 11.7. The molecule has 0 aliphatic rings. The van der Waals surface area contributed by atoms with Gasteiger partial charge in [0, 0.05) is 18.8 Å². The molecule has 0 amide bonds. The van der Waals surface area contributed by atoms with Gasteiger partial charge < -0.3 is 9.88 Å². The monoisotopic (exact) mass is 334 g/mol. The van der Waals surface area contributed by atoms with Crippen LogP contribution in [0.2, 0.25) is 0 Å². The van der Waals surface area contributed by atoms with Crippen molar-refractivity contribution in [3.63, 3.8) is 0 Å². The number of nitrogens with one attached hydrogen (secondary N) is 1. The van der Waals surface area contributed by atoms with Crippen molar-refractivity contribution < 1.29 is 0 Å². The molecular formula is C19H18N4S. The van der Waals surface area contributed by atoms with E-state index in [4.69, 9.17) is 0 Å². The lowest BCUT2D eigenvalue weighted by atomic mass is 10.0. The van der Waals surface area contributed by atoms with Crippen molar-refractivity contribution in [1.82, 2.24) is 14.5 Å². The van der Waals surface area contributed by atoms with Crippen molar-refractivity contribution in [3.8, 4) is 11.1 Å². The first-order valence-electron chi connectivity index (χ1n) is 7.94. The number of rotatable bonds is 4. The summed E-state index contributed by atoms with van der Waals surface area (Å²) in [7, 11) is 1.99. The molecule has 0 aliphatic heterocycles. The Balaban J connectivity index is 1.68. The molecule has 24 heavy (non-hydrogen) atoms. The Kier molecular flexibility index (Phi) is 3.78. The predicted octanol–water partition coefficient (Wildman–Crippen LogP) is 5.00. The van der Waals surface area contributed by atoms with E-state index in [1.54, 1.807) is 11.3 Å². The van der Waals surface area contributed by atoms with E-state index in [1.807, 2.05) is 30.2 Å². The molecule has 1 aromatic carbocycles. The van der Waals surface area contributed by atoms with E-state index in [0.29, 0.717) is 0 Å². The molecule has 0 radical (unpaired) electrons. The minimum absolute atomic E-state index is 0.837. The van der Waals surface area contributed by atoms with Crippen molar-refractivity contribution in [1.29, 1.82) is 0 Å². The van der Waals surface area contributed by atoms with Gasteiger partial charge in [0.1, 0.15) is 11.3 Å². The van der Waals surface area contributed by atoms with Gasteiger partial charge in [-0.25, -0.2) is 9.97 Å². The topological polar surface area (TPSA) is 42.7 Å². The molecular weight excluding hydrogens is 316 g/mol. The second-order valence-electron chi connectivity index (χ2n) is 5.78. The number of aryl methyl sites for hydroxylation is 2. The number of pyridine rings is 1. The molecule has 0 unspecified atom stereocenters. The van der Waals surface area contributed by atoms with Gasteiger partial charge in [-0.1, -0.05) is 13.0 Å². The normalized spacial score (nSPS) is 11.1. The van der Waals surface area contributed by atoms with Gasteiger partial charge in [-0.15, -0.1) is 0 Å². The molecule has 4 rings (SSSR count). The third-order valence-corrected chi connectivity index (χ3v) is 4.90. The molecule has 0 atom stereocenters. The Labute approximate surface area is 144 Å². The lowest BCUT2D eigenvalue weighted by Crippen LogP contribution is -1.98. The van der Waals surface area contributed by atoms with Gasteiger partial charge in [0.15, 0.2) is 0 Å². The molecule has 0 fully saturated rings. The summed E-state index contributed by atoms with van der Waals surface area (Å²) in [5.74, 6) is 0.837. The molecule has 0 bridgehead atoms. The Morgan fingerprint density at radius 2 is 2.04 bits per heavy atom. The summed E-state index contributed by atoms with van der Waals surface area (Å²) in [6, 6.07) is 10.7. The van der Waals surface area contributed by atoms with Crippen molar-refractivity contribution in [3.05, 3.63) is 59.2 Å². The highest BCUT2D eigenvalue weighted by molar-refractivity contribution is 7.08. The van der Waals surface area contributed by atoms with Crippen LogP contribution in [0.4, 0.5) is 11.5 Å². The molecule has 0 spiro atoms. The van der Waals surface area contributed by atoms with Crippen LogP contribution in [0.5, 0.6) is 0 Å². The second-order valence-corrected chi connectivity index (χ2v) is 6.56. The predicted molar refractivity (Wildman–Crippen MR) is 101 cm³/mol. The van der Waals surface area contributed by atoms with Crippen LogP contribution in [-0.4, -0.2) is 14.5 Å². The van der Waals surface area contributed by atoms with Crippen LogP contribution in [0.1, 0.15) is 12.5 Å². The van der Waals surface area contributed by atoms with E-state index in [-0.39, 0.29) is 0 Å². The maximum absolute atomic E-state index is 4.48. The number of fused-ring (bicyclic) bond motifs is 1. The highest BCUT2D eigenvalue weighted by Gasteiger charge is 2.07. The Bertz CT molecular complexity index is 986. The minimum Gasteiger partial charge on any atom is -0.340 e. The number of aromatic nitrogens is 3. The zero-order valence-corrected chi connectivity index (χ0v) is 14.5. The SMILES string of the molecule is CCc1cc(-c2ccsc2)ccc1Nc1cc2c(cn1)ncn2C. The smallest absolute Gasteiger partial charge is 0.132 e. The van der Waals surface area contributed by atoms with E-state index in [9.17, 15) is 0 Å². The fourth-order valence-corrected chi connectivity index (χ4v) is 3.52. The second kappa shape index (κ2) is 6.09. The van der Waals surface area contributed by atoms with Crippen molar-refractivity contribution in [2.45, 2.75) is 13.3 Å². The zero-order valence-electron chi connectivity index (χ0n) is 13.7. The van der Waals surface area contributed by atoms with E-state index in [1.165, 1.54) is 16.7 Å². The summed E-state index contributed by atoms with van der Waals surface area (Å²) in [6.45, 7) is 2.18. The van der Waals surface area contributed by atoms with Crippen LogP contribution < -0.4 is 5.32 Å². The largest absolute Gasteiger partial charge is 0.340 e. The van der Waals surface area contributed by atoms with Gasteiger partial charge in [-0.3, -0.25) is 0 Å². The summed E-state index contributed by atoms with van der Waals surface area (Å²) in [6.07, 6.45) is 4.58. The van der Waals surface area contributed by atoms with E-state index >= 15 is 0 Å². The average Bonchev–Trinajstić information content (AvgIpc) is 3.26. The number of nitrogens with zero attached hydrogens (tertiary/aromatic N) is 3. The molecule has 3 heterocycles. The third-order valence-electron chi connectivity index (χ3n) is 4.22. The molecule has 120 valence electrons. The molecule has 0 aliphatic carbocycles. The Morgan fingerprint density at radius 1 is 1.12 bits per heavy atom. The van der Waals surface area contributed by atoms with Gasteiger partial charge in [-0.2, -0.15) is 11.3 Å². The van der Waals surface area contributed by atoms with Crippen LogP contribution in [0.15, 0.2) is 53.6 Å². The highest BCUT2D eigenvalue weighted by atomic mass is 32.1. The van der Waals surface area contributed by atoms with Crippen molar-refractivity contribution in [2.75, 3.05) is 5.32 Å². The quantitative estimate of drug-likeness (QED) is 0.571. The first kappa shape index (κ1) is 14.9. The Morgan fingerprint density at radius 3 is 2.83 bits per heavy atom. The molecule has 0 saturated carbocycles. The summed E-state index contributed by atoms with van der Waals surface area (Å²) in [4.78, 5) is 8.79. The minimum atomic E-state index is 0.837. The molecule has 0 saturated heterocycles. The van der Waals surface area contributed by atoms with E-state index < -0.39 is 0 Å². The van der Waals surface area contributed by atoms with E-state index in [0.717, 1.165) is 29.0 Å². The van der Waals surface area contributed by atoms with Gasteiger partial charge >= 0.3 is 0 Å². The van der Waals surface area contributed by atoms with Gasteiger partial charge in [-0.05, 0) is 52.1 Å². The lowest BCUT2D eigenvalue weighted by molar-refractivity contribution is 0.947. The maximum Gasteiger partial charge on any atom is 0.132 e. The molecule has 5 heteroatoms. The molecule has 3 aromatic heterocycles. The summed E-state index contributed by atoms with van der Waals surface area (Å²) >= 11 is 1.72. The fraction of sp³-hybridized carbons (Fsp3) is 0.158. The summed E-state index contributed by atoms with van der Waals surface area (Å²) in [5, 5.41) is 7.75. The van der Waals surface area contributed by atoms with Crippen molar-refractivity contribution in [2.24, 2.45) is 7.05 Å². The third kappa shape index (κ3) is 2.67. The van der Waals surface area contributed by atoms with Crippen LogP contribution >= 0.6 is 11.3 Å². The van der Waals surface area contributed by atoms with Crippen LogP contribution in [0.25, 0.3) is 22.2 Å². The summed E-state index contributed by atoms with van der Waals surface area (Å²) < 4.78 is 2.00. The molecule has 4 nitrogen and oxygen atoms in total. The van der Waals surface area contributed by atoms with Gasteiger partial charge in [0.2, 0.25) is 0 Å². The molecule has 1 N–H and O–H groups in total. The zero-order chi connectivity index (χ0) is 16.5. The number of hydrogen-bond acceptors (Lipinski definition) is 4. The lowest BCUT2D eigenvalue weighted by Gasteiger charge is -2.12. The van der Waals surface area contributed by atoms with E-state index in [2.05, 4.69) is 57.2 Å².